The Bertz CT molecular complexity index is 481. The van der Waals surface area contributed by atoms with Gasteiger partial charge in [-0.1, -0.05) is 0 Å². The maximum absolute atomic E-state index is 12.6. The normalized spacial score (nSPS) is 15.9. The molecule has 0 bridgehead atoms. The van der Waals surface area contributed by atoms with Crippen LogP contribution in [-0.2, 0) is 4.74 Å². The van der Waals surface area contributed by atoms with Crippen molar-refractivity contribution in [3.63, 3.8) is 0 Å². The number of ether oxygens (including phenoxy) is 3. The number of hydrogen-bond donors (Lipinski definition) is 0. The molecule has 1 amide bonds. The summed E-state index contributed by atoms with van der Waals surface area (Å²) < 4.78 is 15.7. The second-order valence-corrected chi connectivity index (χ2v) is 5.26. The number of likely N-dealkylation sites (tertiary alicyclic amines) is 1. The standard InChI is InChI=1S/C16H23NO4/c1-19-11-12-6-8-17(9-7-12)16(18)14-5-4-13(20-2)10-15(14)21-3/h4-5,10,12H,6-9,11H2,1-3H3. The van der Waals surface area contributed by atoms with Crippen LogP contribution in [0.1, 0.15) is 23.2 Å². The molecule has 116 valence electrons. The van der Waals surface area contributed by atoms with Gasteiger partial charge in [-0.3, -0.25) is 4.79 Å². The maximum atomic E-state index is 12.6. The third-order valence-corrected chi connectivity index (χ3v) is 3.94. The number of carbonyl (C=O) groups excluding carboxylic acids is 1. The van der Waals surface area contributed by atoms with Crippen LogP contribution in [0.15, 0.2) is 18.2 Å². The van der Waals surface area contributed by atoms with Crippen molar-refractivity contribution in [1.82, 2.24) is 4.90 Å². The Morgan fingerprint density at radius 3 is 2.48 bits per heavy atom. The Hall–Kier alpha value is -1.75. The van der Waals surface area contributed by atoms with Crippen molar-refractivity contribution in [3.8, 4) is 11.5 Å². The van der Waals surface area contributed by atoms with Crippen LogP contribution in [0.4, 0.5) is 0 Å². The first kappa shape index (κ1) is 15.6. The minimum Gasteiger partial charge on any atom is -0.497 e. The summed E-state index contributed by atoms with van der Waals surface area (Å²) in [7, 11) is 4.88. The Balaban J connectivity index is 2.07. The van der Waals surface area contributed by atoms with E-state index >= 15 is 0 Å². The Kier molecular flexibility index (Phi) is 5.44. The van der Waals surface area contributed by atoms with Crippen molar-refractivity contribution in [2.75, 3.05) is 41.0 Å². The second-order valence-electron chi connectivity index (χ2n) is 5.26. The first-order chi connectivity index (χ1) is 10.2. The average Bonchev–Trinajstić information content (AvgIpc) is 2.54. The zero-order valence-corrected chi connectivity index (χ0v) is 12.9. The number of amides is 1. The van der Waals surface area contributed by atoms with E-state index in [0.717, 1.165) is 32.5 Å². The van der Waals surface area contributed by atoms with Crippen molar-refractivity contribution >= 4 is 5.91 Å². The van der Waals surface area contributed by atoms with E-state index in [0.29, 0.717) is 23.0 Å². The zero-order chi connectivity index (χ0) is 15.2. The van der Waals surface area contributed by atoms with Crippen LogP contribution in [0.3, 0.4) is 0 Å². The van der Waals surface area contributed by atoms with E-state index in [9.17, 15) is 4.79 Å². The van der Waals surface area contributed by atoms with Gasteiger partial charge in [0, 0.05) is 32.9 Å². The molecule has 0 aliphatic carbocycles. The largest absolute Gasteiger partial charge is 0.497 e. The quantitative estimate of drug-likeness (QED) is 0.835. The molecule has 1 aliphatic heterocycles. The fourth-order valence-electron chi connectivity index (χ4n) is 2.68. The van der Waals surface area contributed by atoms with Crippen LogP contribution in [0.25, 0.3) is 0 Å². The number of piperidine rings is 1. The SMILES string of the molecule is COCC1CCN(C(=O)c2ccc(OC)cc2OC)CC1. The number of methoxy groups -OCH3 is 3. The van der Waals surface area contributed by atoms with E-state index < -0.39 is 0 Å². The van der Waals surface area contributed by atoms with E-state index in [-0.39, 0.29) is 5.91 Å². The molecule has 0 saturated carbocycles. The predicted octanol–water partition coefficient (Wildman–Crippen LogP) is 2.20. The topological polar surface area (TPSA) is 48.0 Å². The molecule has 5 heteroatoms. The lowest BCUT2D eigenvalue weighted by Gasteiger charge is -2.32. The number of carbonyl (C=O) groups is 1. The van der Waals surface area contributed by atoms with Gasteiger partial charge in [0.2, 0.25) is 0 Å². The van der Waals surface area contributed by atoms with E-state index in [2.05, 4.69) is 0 Å². The summed E-state index contributed by atoms with van der Waals surface area (Å²) in [5.74, 6) is 1.81. The molecular weight excluding hydrogens is 270 g/mol. The van der Waals surface area contributed by atoms with Gasteiger partial charge in [0.1, 0.15) is 11.5 Å². The summed E-state index contributed by atoms with van der Waals surface area (Å²) in [6.45, 7) is 2.30. The van der Waals surface area contributed by atoms with Crippen LogP contribution in [-0.4, -0.2) is 51.8 Å². The van der Waals surface area contributed by atoms with Gasteiger partial charge < -0.3 is 19.1 Å². The van der Waals surface area contributed by atoms with Gasteiger partial charge in [0.25, 0.3) is 5.91 Å². The van der Waals surface area contributed by atoms with Gasteiger partial charge >= 0.3 is 0 Å². The first-order valence-corrected chi connectivity index (χ1v) is 7.19. The molecule has 0 N–H and O–H groups in total. The molecule has 1 aromatic carbocycles. The van der Waals surface area contributed by atoms with Crippen molar-refractivity contribution in [1.29, 1.82) is 0 Å². The molecule has 5 nitrogen and oxygen atoms in total. The summed E-state index contributed by atoms with van der Waals surface area (Å²) in [6.07, 6.45) is 1.97. The summed E-state index contributed by atoms with van der Waals surface area (Å²) >= 11 is 0. The van der Waals surface area contributed by atoms with Gasteiger partial charge in [-0.15, -0.1) is 0 Å². The number of hydrogen-bond acceptors (Lipinski definition) is 4. The number of benzene rings is 1. The molecule has 0 aromatic heterocycles. The van der Waals surface area contributed by atoms with Crippen molar-refractivity contribution < 1.29 is 19.0 Å². The molecule has 0 unspecified atom stereocenters. The maximum Gasteiger partial charge on any atom is 0.257 e. The Morgan fingerprint density at radius 1 is 1.19 bits per heavy atom. The molecule has 1 saturated heterocycles. The average molecular weight is 293 g/mol. The van der Waals surface area contributed by atoms with Crippen LogP contribution in [0, 0.1) is 5.92 Å². The second kappa shape index (κ2) is 7.31. The van der Waals surface area contributed by atoms with E-state index in [1.807, 2.05) is 4.90 Å². The Labute approximate surface area is 125 Å². The number of nitrogens with zero attached hydrogens (tertiary/aromatic N) is 1. The van der Waals surface area contributed by atoms with E-state index in [4.69, 9.17) is 14.2 Å². The van der Waals surface area contributed by atoms with Gasteiger partial charge in [-0.05, 0) is 30.9 Å². The first-order valence-electron chi connectivity index (χ1n) is 7.19. The molecule has 0 atom stereocenters. The predicted molar refractivity (Wildman–Crippen MR) is 80.0 cm³/mol. The molecule has 2 rings (SSSR count). The zero-order valence-electron chi connectivity index (χ0n) is 12.9. The van der Waals surface area contributed by atoms with E-state index in [1.165, 1.54) is 0 Å². The third kappa shape index (κ3) is 3.67. The van der Waals surface area contributed by atoms with Crippen LogP contribution < -0.4 is 9.47 Å². The molecule has 1 aromatic rings. The summed E-state index contributed by atoms with van der Waals surface area (Å²) in [5, 5.41) is 0. The summed E-state index contributed by atoms with van der Waals surface area (Å²) in [4.78, 5) is 14.5. The molecule has 1 heterocycles. The van der Waals surface area contributed by atoms with Crippen LogP contribution in [0.5, 0.6) is 11.5 Å². The lowest BCUT2D eigenvalue weighted by molar-refractivity contribution is 0.0610. The molecule has 0 spiro atoms. The van der Waals surface area contributed by atoms with Crippen molar-refractivity contribution in [3.05, 3.63) is 23.8 Å². The molecular formula is C16H23NO4. The van der Waals surface area contributed by atoms with Crippen LogP contribution in [0.2, 0.25) is 0 Å². The van der Waals surface area contributed by atoms with Gasteiger partial charge in [0.15, 0.2) is 0 Å². The highest BCUT2D eigenvalue weighted by atomic mass is 16.5. The fourth-order valence-corrected chi connectivity index (χ4v) is 2.68. The van der Waals surface area contributed by atoms with Crippen LogP contribution >= 0.6 is 0 Å². The summed E-state index contributed by atoms with van der Waals surface area (Å²) in [6, 6.07) is 5.29. The van der Waals surface area contributed by atoms with Gasteiger partial charge in [-0.25, -0.2) is 0 Å². The highest BCUT2D eigenvalue weighted by Crippen LogP contribution is 2.27. The fraction of sp³-hybridized carbons (Fsp3) is 0.562. The minimum absolute atomic E-state index is 0.0189. The van der Waals surface area contributed by atoms with Crippen molar-refractivity contribution in [2.45, 2.75) is 12.8 Å². The van der Waals surface area contributed by atoms with Gasteiger partial charge in [0.05, 0.1) is 19.8 Å². The third-order valence-electron chi connectivity index (χ3n) is 3.94. The lowest BCUT2D eigenvalue weighted by Crippen LogP contribution is -2.39. The highest BCUT2D eigenvalue weighted by molar-refractivity contribution is 5.97. The lowest BCUT2D eigenvalue weighted by atomic mass is 9.97. The monoisotopic (exact) mass is 293 g/mol. The smallest absolute Gasteiger partial charge is 0.257 e. The molecule has 0 radical (unpaired) electrons. The van der Waals surface area contributed by atoms with Crippen molar-refractivity contribution in [2.24, 2.45) is 5.92 Å². The number of rotatable bonds is 5. The Morgan fingerprint density at radius 2 is 1.90 bits per heavy atom. The van der Waals surface area contributed by atoms with E-state index in [1.54, 1.807) is 39.5 Å². The molecule has 1 fully saturated rings. The summed E-state index contributed by atoms with van der Waals surface area (Å²) in [5.41, 5.74) is 0.587. The molecule has 1 aliphatic rings. The highest BCUT2D eigenvalue weighted by Gasteiger charge is 2.25. The molecule has 21 heavy (non-hydrogen) atoms. The van der Waals surface area contributed by atoms with Gasteiger partial charge in [-0.2, -0.15) is 0 Å². The minimum atomic E-state index is 0.0189.